The van der Waals surface area contributed by atoms with Crippen LogP contribution in [0.4, 0.5) is 9.59 Å². The minimum atomic E-state index is -0.663. The molecule has 2 fully saturated rings. The number of carbonyl (C=O) groups excluding carboxylic acids is 4. The predicted octanol–water partition coefficient (Wildman–Crippen LogP) is 4.28. The van der Waals surface area contributed by atoms with Gasteiger partial charge in [0.25, 0.3) is 0 Å². The van der Waals surface area contributed by atoms with Crippen molar-refractivity contribution in [3.8, 4) is 0 Å². The Balaban J connectivity index is 0.000000709. The number of ether oxygens (including phenoxy) is 4. The standard InChI is InChI=1S/C15H27NO5.C11H19NO3.CH4O/c1-14(2,3)20-12(17)10-8-9-11(19-7)16(10)13(18)21-15(4,5)6;1-8(13)9-6-5-7-12(9)10(14)15-11(2,3)4;1-2/h10-11H,8-9H2,1-7H3;9H,5-7H2,1-4H3;2H,1H3/t10-,11?;9-;/m00./s1. The molecule has 11 heteroatoms. The Morgan fingerprint density at radius 2 is 1.18 bits per heavy atom. The van der Waals surface area contributed by atoms with E-state index in [0.717, 1.165) is 20.0 Å². The SMILES string of the molecule is CC(=O)[C@@H]1CCCN1C(=O)OC(C)(C)C.CO.COC1CC[C@@H](C(=O)OC(C)(C)C)N1C(=O)OC(C)(C)C. The highest BCUT2D eigenvalue weighted by Gasteiger charge is 2.45. The van der Waals surface area contributed by atoms with Gasteiger partial charge < -0.3 is 24.1 Å². The normalized spacial score (nSPS) is 21.4. The van der Waals surface area contributed by atoms with Crippen molar-refractivity contribution in [3.63, 3.8) is 0 Å². The summed E-state index contributed by atoms with van der Waals surface area (Å²) >= 11 is 0. The fraction of sp³-hybridized carbons (Fsp3) is 0.852. The van der Waals surface area contributed by atoms with E-state index in [1.54, 1.807) is 41.5 Å². The Hall–Kier alpha value is -2.40. The first-order valence-electron chi connectivity index (χ1n) is 13.0. The number of nitrogens with zero attached hydrogens (tertiary/aromatic N) is 2. The molecular formula is C27H50N2O9. The van der Waals surface area contributed by atoms with Crippen LogP contribution in [-0.4, -0.2) is 94.7 Å². The molecule has 11 nitrogen and oxygen atoms in total. The molecule has 2 aliphatic heterocycles. The van der Waals surface area contributed by atoms with Gasteiger partial charge in [-0.05, 0) is 94.9 Å². The molecule has 0 spiro atoms. The summed E-state index contributed by atoms with van der Waals surface area (Å²) in [6.45, 7) is 18.4. The van der Waals surface area contributed by atoms with Gasteiger partial charge in [0.2, 0.25) is 0 Å². The van der Waals surface area contributed by atoms with Crippen molar-refractivity contribution in [2.75, 3.05) is 20.8 Å². The molecule has 0 aromatic rings. The van der Waals surface area contributed by atoms with E-state index in [-0.39, 0.29) is 17.9 Å². The van der Waals surface area contributed by atoms with Crippen molar-refractivity contribution >= 4 is 23.9 Å². The molecule has 2 aliphatic rings. The minimum absolute atomic E-state index is 0.0401. The quantitative estimate of drug-likeness (QED) is 0.407. The number of hydrogen-bond acceptors (Lipinski definition) is 9. The maximum atomic E-state index is 12.3. The number of amides is 2. The van der Waals surface area contributed by atoms with Crippen LogP contribution < -0.4 is 0 Å². The Kier molecular flexibility index (Phi) is 13.7. The molecule has 0 bridgehead atoms. The topological polar surface area (TPSA) is 132 Å². The highest BCUT2D eigenvalue weighted by molar-refractivity contribution is 5.86. The lowest BCUT2D eigenvalue weighted by atomic mass is 10.1. The van der Waals surface area contributed by atoms with Crippen LogP contribution in [0.3, 0.4) is 0 Å². The number of hydrogen-bond donors (Lipinski definition) is 1. The van der Waals surface area contributed by atoms with E-state index in [2.05, 4.69) is 0 Å². The van der Waals surface area contributed by atoms with Crippen LogP contribution in [0.25, 0.3) is 0 Å². The van der Waals surface area contributed by atoms with Gasteiger partial charge in [0, 0.05) is 20.8 Å². The first-order chi connectivity index (χ1) is 17.3. The van der Waals surface area contributed by atoms with Crippen molar-refractivity contribution < 1.29 is 43.2 Å². The van der Waals surface area contributed by atoms with Crippen LogP contribution in [0.1, 0.15) is 94.9 Å². The molecule has 3 atom stereocenters. The van der Waals surface area contributed by atoms with Crippen molar-refractivity contribution in [2.45, 2.75) is 130 Å². The molecular weight excluding hydrogens is 496 g/mol. The maximum absolute atomic E-state index is 12.3. The van der Waals surface area contributed by atoms with E-state index in [1.807, 2.05) is 20.8 Å². The fourth-order valence-electron chi connectivity index (χ4n) is 3.90. The summed E-state index contributed by atoms with van der Waals surface area (Å²) in [4.78, 5) is 50.5. The second-order valence-electron chi connectivity index (χ2n) is 12.1. The number of methoxy groups -OCH3 is 1. The van der Waals surface area contributed by atoms with Crippen molar-refractivity contribution in [1.82, 2.24) is 9.80 Å². The molecule has 0 aliphatic carbocycles. The number of esters is 1. The molecule has 2 heterocycles. The summed E-state index contributed by atoms with van der Waals surface area (Å²) in [6.07, 6.45) is 1.34. The monoisotopic (exact) mass is 546 g/mol. The van der Waals surface area contributed by atoms with Gasteiger partial charge >= 0.3 is 18.2 Å². The van der Waals surface area contributed by atoms with Gasteiger partial charge in [-0.1, -0.05) is 0 Å². The van der Waals surface area contributed by atoms with Crippen LogP contribution in [0.15, 0.2) is 0 Å². The van der Waals surface area contributed by atoms with Gasteiger partial charge in [0.05, 0.1) is 6.04 Å². The Labute approximate surface area is 228 Å². The molecule has 0 aromatic carbocycles. The zero-order valence-electron chi connectivity index (χ0n) is 25.4. The van der Waals surface area contributed by atoms with E-state index in [9.17, 15) is 19.2 Å². The molecule has 2 saturated heterocycles. The smallest absolute Gasteiger partial charge is 0.413 e. The predicted molar refractivity (Wildman–Crippen MR) is 143 cm³/mol. The Bertz CT molecular complexity index is 794. The summed E-state index contributed by atoms with van der Waals surface area (Å²) in [5, 5.41) is 7.00. The van der Waals surface area contributed by atoms with Gasteiger partial charge in [0.1, 0.15) is 29.1 Å². The summed E-state index contributed by atoms with van der Waals surface area (Å²) in [7, 11) is 2.51. The zero-order valence-corrected chi connectivity index (χ0v) is 25.4. The highest BCUT2D eigenvalue weighted by atomic mass is 16.6. The zero-order chi connectivity index (χ0) is 30.1. The van der Waals surface area contributed by atoms with Gasteiger partial charge in [-0.15, -0.1) is 0 Å². The number of ketones is 1. The molecule has 222 valence electrons. The molecule has 0 radical (unpaired) electrons. The van der Waals surface area contributed by atoms with Gasteiger partial charge in [-0.3, -0.25) is 14.6 Å². The van der Waals surface area contributed by atoms with Crippen LogP contribution in [0.5, 0.6) is 0 Å². The fourth-order valence-corrected chi connectivity index (χ4v) is 3.90. The summed E-state index contributed by atoms with van der Waals surface area (Å²) < 4.78 is 21.3. The first kappa shape index (κ1) is 35.6. The average molecular weight is 547 g/mol. The maximum Gasteiger partial charge on any atom is 0.413 e. The molecule has 0 aromatic heterocycles. The second kappa shape index (κ2) is 14.7. The first-order valence-corrected chi connectivity index (χ1v) is 13.0. The molecule has 2 amide bonds. The lowest BCUT2D eigenvalue weighted by molar-refractivity contribution is -0.162. The minimum Gasteiger partial charge on any atom is -0.458 e. The number of aliphatic hydroxyl groups is 1. The molecule has 0 saturated carbocycles. The van der Waals surface area contributed by atoms with Gasteiger partial charge in [-0.2, -0.15) is 0 Å². The van der Waals surface area contributed by atoms with Gasteiger partial charge in [-0.25, -0.2) is 14.4 Å². The van der Waals surface area contributed by atoms with Crippen molar-refractivity contribution in [2.24, 2.45) is 0 Å². The Morgan fingerprint density at radius 3 is 1.61 bits per heavy atom. The van der Waals surface area contributed by atoms with E-state index in [4.69, 9.17) is 24.1 Å². The van der Waals surface area contributed by atoms with Crippen LogP contribution >= 0.6 is 0 Å². The third-order valence-corrected chi connectivity index (χ3v) is 5.24. The third-order valence-electron chi connectivity index (χ3n) is 5.24. The number of Topliss-reactive ketones (excluding diaryl/α,β-unsaturated/α-hetero) is 1. The number of carbonyl (C=O) groups is 4. The molecule has 1 unspecified atom stereocenters. The molecule has 1 N–H and O–H groups in total. The molecule has 38 heavy (non-hydrogen) atoms. The van der Waals surface area contributed by atoms with E-state index in [0.29, 0.717) is 19.4 Å². The number of rotatable bonds is 3. The summed E-state index contributed by atoms with van der Waals surface area (Å²) in [5.41, 5.74) is -1.72. The van der Waals surface area contributed by atoms with E-state index >= 15 is 0 Å². The molecule has 2 rings (SSSR count). The van der Waals surface area contributed by atoms with Crippen molar-refractivity contribution in [1.29, 1.82) is 0 Å². The number of aliphatic hydroxyl groups excluding tert-OH is 1. The second-order valence-corrected chi connectivity index (χ2v) is 12.1. The highest BCUT2D eigenvalue weighted by Crippen LogP contribution is 2.29. The van der Waals surface area contributed by atoms with E-state index < -0.39 is 41.1 Å². The van der Waals surface area contributed by atoms with Crippen molar-refractivity contribution in [3.05, 3.63) is 0 Å². The van der Waals surface area contributed by atoms with Gasteiger partial charge in [0.15, 0.2) is 5.78 Å². The largest absolute Gasteiger partial charge is 0.458 e. The third kappa shape index (κ3) is 12.4. The van der Waals surface area contributed by atoms with Crippen LogP contribution in [0, 0.1) is 0 Å². The van der Waals surface area contributed by atoms with Crippen LogP contribution in [-0.2, 0) is 28.5 Å². The lowest BCUT2D eigenvalue weighted by Gasteiger charge is -2.32. The Morgan fingerprint density at radius 1 is 0.711 bits per heavy atom. The van der Waals surface area contributed by atoms with Crippen LogP contribution in [0.2, 0.25) is 0 Å². The lowest BCUT2D eigenvalue weighted by Crippen LogP contribution is -2.49. The summed E-state index contributed by atoms with van der Waals surface area (Å²) in [6, 6.07) is -0.941. The van der Waals surface area contributed by atoms with E-state index in [1.165, 1.54) is 23.8 Å². The average Bonchev–Trinajstić information content (AvgIpc) is 3.39. The number of likely N-dealkylation sites (tertiary alicyclic amines) is 2. The summed E-state index contributed by atoms with van der Waals surface area (Å²) in [5.74, 6) is -0.383.